The minimum atomic E-state index is -4.34. The summed E-state index contributed by atoms with van der Waals surface area (Å²) in [6, 6.07) is 24.8. The summed E-state index contributed by atoms with van der Waals surface area (Å²) in [5.41, 5.74) is 4.36. The van der Waals surface area contributed by atoms with E-state index in [1.54, 1.807) is 23.1 Å². The third kappa shape index (κ3) is 7.70. The summed E-state index contributed by atoms with van der Waals surface area (Å²) in [7, 11) is -8.43. The van der Waals surface area contributed by atoms with Gasteiger partial charge >= 0.3 is 0 Å². The van der Waals surface area contributed by atoms with Gasteiger partial charge in [0.15, 0.2) is 6.54 Å². The molecule has 5 aromatic rings. The normalized spacial score (nSPS) is 18.1. The first-order valence-corrected chi connectivity index (χ1v) is 21.4. The largest absolute Gasteiger partial charge is 0.748 e. The topological polar surface area (TPSA) is 119 Å². The van der Waals surface area contributed by atoms with Crippen molar-refractivity contribution < 1.29 is 30.5 Å². The number of aromatic nitrogens is 1. The Labute approximate surface area is 301 Å². The molecule has 1 aliphatic carbocycles. The van der Waals surface area contributed by atoms with E-state index < -0.39 is 26.0 Å². The summed E-state index contributed by atoms with van der Waals surface area (Å²) >= 11 is 3.33. The predicted octanol–water partition coefficient (Wildman–Crippen LogP) is 8.29. The van der Waals surface area contributed by atoms with Crippen LogP contribution in [-0.4, -0.2) is 44.0 Å². The van der Waals surface area contributed by atoms with Crippen molar-refractivity contribution in [2.75, 3.05) is 23.0 Å². The number of hydrogen-bond donors (Lipinski definition) is 1. The van der Waals surface area contributed by atoms with Crippen LogP contribution < -0.4 is 9.47 Å². The number of anilines is 1. The van der Waals surface area contributed by atoms with Crippen molar-refractivity contribution in [2.24, 2.45) is 5.41 Å². The van der Waals surface area contributed by atoms with Gasteiger partial charge in [0.05, 0.1) is 32.0 Å². The number of benzene rings is 4. The lowest BCUT2D eigenvalue weighted by atomic mass is 9.75. The average Bonchev–Trinajstić information content (AvgIpc) is 3.56. The van der Waals surface area contributed by atoms with Gasteiger partial charge in [0.25, 0.3) is 15.1 Å². The summed E-state index contributed by atoms with van der Waals surface area (Å²) in [4.78, 5) is 3.29. The average molecular weight is 747 g/mol. The molecule has 4 aromatic carbocycles. The van der Waals surface area contributed by atoms with E-state index in [1.165, 1.54) is 0 Å². The van der Waals surface area contributed by atoms with Gasteiger partial charge in [0.1, 0.15) is 4.70 Å². The SMILES string of the molecule is CC1(C)CC(C=C2Sc3ccc4ccccc4c3N2CCCS(=O)(=O)O)=CC(=Cc2sc3ccc4ccccc4c3[n+]2CCCS(=O)(=O)[O-])C1. The lowest BCUT2D eigenvalue weighted by molar-refractivity contribution is -0.667. The quantitative estimate of drug-likeness (QED) is 0.112. The molecule has 0 saturated heterocycles. The summed E-state index contributed by atoms with van der Waals surface area (Å²) in [5.74, 6) is -0.728. The molecule has 8 nitrogen and oxygen atoms in total. The van der Waals surface area contributed by atoms with Crippen LogP contribution in [0.15, 0.2) is 106 Å². The van der Waals surface area contributed by atoms with Gasteiger partial charge in [-0.25, -0.2) is 8.42 Å². The molecule has 0 fully saturated rings. The van der Waals surface area contributed by atoms with E-state index in [1.807, 2.05) is 24.3 Å². The van der Waals surface area contributed by atoms with Crippen molar-refractivity contribution in [1.82, 2.24) is 0 Å². The molecule has 2 heterocycles. The molecular weight excluding hydrogens is 709 g/mol. The molecule has 50 heavy (non-hydrogen) atoms. The van der Waals surface area contributed by atoms with Crippen molar-refractivity contribution in [3.63, 3.8) is 0 Å². The third-order valence-corrected chi connectivity index (χ3v) is 12.9. The molecule has 0 amide bonds. The maximum atomic E-state index is 11.6. The summed E-state index contributed by atoms with van der Waals surface area (Å²) < 4.78 is 70.5. The van der Waals surface area contributed by atoms with Crippen LogP contribution in [0.2, 0.25) is 0 Å². The predicted molar refractivity (Wildman–Crippen MR) is 204 cm³/mol. The van der Waals surface area contributed by atoms with E-state index in [-0.39, 0.29) is 24.0 Å². The van der Waals surface area contributed by atoms with E-state index in [0.717, 1.165) is 76.4 Å². The van der Waals surface area contributed by atoms with Crippen molar-refractivity contribution in [1.29, 1.82) is 0 Å². The molecular formula is C38H38N2O6S4. The van der Waals surface area contributed by atoms with Crippen LogP contribution >= 0.6 is 23.1 Å². The number of aryl methyl sites for hydroxylation is 1. The maximum Gasteiger partial charge on any atom is 0.264 e. The van der Waals surface area contributed by atoms with Crippen molar-refractivity contribution in [2.45, 2.75) is 51.0 Å². The molecule has 0 atom stereocenters. The third-order valence-electron chi connectivity index (χ3n) is 9.14. The van der Waals surface area contributed by atoms with Gasteiger partial charge in [-0.2, -0.15) is 13.0 Å². The molecule has 0 saturated carbocycles. The molecule has 1 aromatic heterocycles. The number of rotatable bonds is 10. The monoisotopic (exact) mass is 746 g/mol. The zero-order valence-electron chi connectivity index (χ0n) is 27.8. The molecule has 0 unspecified atom stereocenters. The number of thiazole rings is 1. The smallest absolute Gasteiger partial charge is 0.264 e. The van der Waals surface area contributed by atoms with Gasteiger partial charge in [-0.15, -0.1) is 0 Å². The highest BCUT2D eigenvalue weighted by Gasteiger charge is 2.31. The van der Waals surface area contributed by atoms with Crippen LogP contribution in [0, 0.1) is 5.41 Å². The summed E-state index contributed by atoms with van der Waals surface area (Å²) in [5, 5.41) is 6.39. The molecule has 0 radical (unpaired) electrons. The van der Waals surface area contributed by atoms with E-state index >= 15 is 0 Å². The number of nitrogens with zero attached hydrogens (tertiary/aromatic N) is 2. The molecule has 12 heteroatoms. The molecule has 0 spiro atoms. The summed E-state index contributed by atoms with van der Waals surface area (Å²) in [6.45, 7) is 5.35. The molecule has 0 bridgehead atoms. The van der Waals surface area contributed by atoms with E-state index in [0.29, 0.717) is 13.1 Å². The molecule has 260 valence electrons. The van der Waals surface area contributed by atoms with Crippen LogP contribution in [-0.2, 0) is 26.8 Å². The van der Waals surface area contributed by atoms with Crippen molar-refractivity contribution in [3.8, 4) is 0 Å². The Morgan fingerprint density at radius 1 is 0.880 bits per heavy atom. The zero-order chi connectivity index (χ0) is 35.3. The minimum Gasteiger partial charge on any atom is -0.748 e. The van der Waals surface area contributed by atoms with Gasteiger partial charge in [-0.1, -0.05) is 97.6 Å². The first-order valence-electron chi connectivity index (χ1n) is 16.6. The van der Waals surface area contributed by atoms with Crippen LogP contribution in [0.4, 0.5) is 5.69 Å². The highest BCUT2D eigenvalue weighted by atomic mass is 32.2. The van der Waals surface area contributed by atoms with E-state index in [2.05, 4.69) is 90.1 Å². The molecule has 2 aliphatic rings. The van der Waals surface area contributed by atoms with Crippen molar-refractivity contribution in [3.05, 3.63) is 106 Å². The highest BCUT2D eigenvalue weighted by molar-refractivity contribution is 8.03. The van der Waals surface area contributed by atoms with Gasteiger partial charge in [-0.05, 0) is 70.9 Å². The summed E-state index contributed by atoms with van der Waals surface area (Å²) in [6.07, 6.45) is 8.86. The Balaban J connectivity index is 1.30. The standard InChI is InChI=1S/C38H38N2O6S4/c1-38(2)24-26(22-34-39(17-7-19-49(41,42)43)36-30-11-5-3-9-28(30)13-15-32(36)47-34)21-27(25-38)23-35-40(18-8-20-50(44,45)46)37-31-12-6-4-10-29(31)14-16-33(37)48-35/h3-6,9-16,21-23H,7-8,17-20,24-25H2,1-2H3,(H-,41,42,43,44,45,46). The minimum absolute atomic E-state index is 0.0452. The van der Waals surface area contributed by atoms with Crippen LogP contribution in [0.3, 0.4) is 0 Å². The Morgan fingerprint density at radius 2 is 1.58 bits per heavy atom. The maximum absolute atomic E-state index is 11.6. The van der Waals surface area contributed by atoms with Crippen LogP contribution in [0.25, 0.3) is 37.8 Å². The molecule has 1 aliphatic heterocycles. The fourth-order valence-corrected chi connectivity index (χ4v) is 10.6. The van der Waals surface area contributed by atoms with E-state index in [9.17, 15) is 25.9 Å². The Bertz CT molecular complexity index is 2460. The highest BCUT2D eigenvalue weighted by Crippen LogP contribution is 2.51. The fraction of sp³-hybridized carbons (Fsp3) is 0.289. The second kappa shape index (κ2) is 13.6. The lowest BCUT2D eigenvalue weighted by Crippen LogP contribution is -2.36. The molecule has 7 rings (SSSR count). The second-order valence-corrected chi connectivity index (χ2v) is 19.0. The lowest BCUT2D eigenvalue weighted by Gasteiger charge is -2.31. The number of hydrogen-bond acceptors (Lipinski definition) is 8. The number of fused-ring (bicyclic) bond motifs is 6. The Morgan fingerprint density at radius 3 is 2.32 bits per heavy atom. The first-order chi connectivity index (χ1) is 23.7. The van der Waals surface area contributed by atoms with Crippen LogP contribution in [0.5, 0.6) is 0 Å². The zero-order valence-corrected chi connectivity index (χ0v) is 31.1. The molecule has 1 N–H and O–H groups in total. The second-order valence-electron chi connectivity index (χ2n) is 13.8. The van der Waals surface area contributed by atoms with Gasteiger partial charge in [0.2, 0.25) is 5.52 Å². The Hall–Kier alpha value is -3.52. The first kappa shape index (κ1) is 34.9. The van der Waals surface area contributed by atoms with Gasteiger partial charge in [-0.3, -0.25) is 4.55 Å². The van der Waals surface area contributed by atoms with E-state index in [4.69, 9.17) is 0 Å². The number of thioether (sulfide) groups is 1. The van der Waals surface area contributed by atoms with Gasteiger partial charge in [0, 0.05) is 35.1 Å². The Kier molecular flexibility index (Phi) is 9.46. The number of allylic oxidation sites excluding steroid dienone is 4. The fourth-order valence-electron chi connectivity index (χ4n) is 7.22. The van der Waals surface area contributed by atoms with Crippen molar-refractivity contribution >= 4 is 86.9 Å². The van der Waals surface area contributed by atoms with Crippen LogP contribution in [0.1, 0.15) is 44.5 Å². The van der Waals surface area contributed by atoms with Gasteiger partial charge < -0.3 is 9.45 Å².